The second-order valence-corrected chi connectivity index (χ2v) is 7.45. The zero-order chi connectivity index (χ0) is 15.2. The minimum absolute atomic E-state index is 0.739. The van der Waals surface area contributed by atoms with Crippen LogP contribution in [0.1, 0.15) is 29.0 Å². The Balaban J connectivity index is 1.43. The lowest BCUT2D eigenvalue weighted by Crippen LogP contribution is -2.40. The van der Waals surface area contributed by atoms with E-state index in [1.807, 2.05) is 0 Å². The van der Waals surface area contributed by atoms with Crippen molar-refractivity contribution in [3.8, 4) is 0 Å². The summed E-state index contributed by atoms with van der Waals surface area (Å²) in [6, 6.07) is 18.0. The van der Waals surface area contributed by atoms with Gasteiger partial charge in [0.05, 0.1) is 0 Å². The molecule has 1 fully saturated rings. The summed E-state index contributed by atoms with van der Waals surface area (Å²) in [5.74, 6) is 1.54. The number of para-hydroxylation sites is 1. The number of anilines is 1. The fourth-order valence-corrected chi connectivity index (χ4v) is 5.00. The molecule has 0 N–H and O–H groups in total. The van der Waals surface area contributed by atoms with E-state index in [1.54, 1.807) is 16.8 Å². The average Bonchev–Trinajstić information content (AvgIpc) is 2.99. The molecular formula is C21H24N2. The van der Waals surface area contributed by atoms with Crippen LogP contribution >= 0.6 is 0 Å². The molecule has 23 heavy (non-hydrogen) atoms. The van der Waals surface area contributed by atoms with Crippen molar-refractivity contribution in [1.82, 2.24) is 4.90 Å². The second kappa shape index (κ2) is 5.38. The Kier molecular flexibility index (Phi) is 3.19. The zero-order valence-corrected chi connectivity index (χ0v) is 13.6. The minimum Gasteiger partial charge on any atom is -0.371 e. The summed E-state index contributed by atoms with van der Waals surface area (Å²) in [4.78, 5) is 5.35. The lowest BCUT2D eigenvalue weighted by atomic mass is 9.80. The molecule has 118 valence electrons. The summed E-state index contributed by atoms with van der Waals surface area (Å²) >= 11 is 0. The molecule has 0 aliphatic carbocycles. The molecule has 3 aliphatic heterocycles. The maximum Gasteiger partial charge on any atom is 0.0434 e. The quantitative estimate of drug-likeness (QED) is 0.835. The van der Waals surface area contributed by atoms with E-state index in [0.717, 1.165) is 18.4 Å². The summed E-state index contributed by atoms with van der Waals surface area (Å²) in [7, 11) is 0. The van der Waals surface area contributed by atoms with Crippen LogP contribution in [-0.4, -0.2) is 31.1 Å². The zero-order valence-electron chi connectivity index (χ0n) is 13.6. The molecule has 5 rings (SSSR count). The van der Waals surface area contributed by atoms with Crippen LogP contribution in [0.3, 0.4) is 0 Å². The molecular weight excluding hydrogens is 280 g/mol. The predicted octanol–water partition coefficient (Wildman–Crippen LogP) is 3.67. The normalized spacial score (nSPS) is 26.0. The van der Waals surface area contributed by atoms with Gasteiger partial charge in [0.15, 0.2) is 0 Å². The monoisotopic (exact) mass is 304 g/mol. The molecule has 0 saturated carbocycles. The van der Waals surface area contributed by atoms with Crippen LogP contribution in [0.15, 0.2) is 48.5 Å². The van der Waals surface area contributed by atoms with Crippen molar-refractivity contribution in [2.75, 3.05) is 31.1 Å². The fourth-order valence-electron chi connectivity index (χ4n) is 5.00. The highest BCUT2D eigenvalue weighted by atomic mass is 15.2. The molecule has 0 amide bonds. The van der Waals surface area contributed by atoms with Crippen LogP contribution in [0.5, 0.6) is 0 Å². The molecule has 2 heteroatoms. The van der Waals surface area contributed by atoms with E-state index < -0.39 is 0 Å². The third kappa shape index (κ3) is 2.28. The van der Waals surface area contributed by atoms with E-state index in [4.69, 9.17) is 0 Å². The average molecular weight is 304 g/mol. The van der Waals surface area contributed by atoms with Gasteiger partial charge in [-0.25, -0.2) is 0 Å². The highest BCUT2D eigenvalue weighted by molar-refractivity contribution is 5.64. The van der Waals surface area contributed by atoms with Gasteiger partial charge in [0.25, 0.3) is 0 Å². The Hall–Kier alpha value is -1.80. The van der Waals surface area contributed by atoms with Gasteiger partial charge in [0.1, 0.15) is 0 Å². The Morgan fingerprint density at radius 1 is 0.913 bits per heavy atom. The van der Waals surface area contributed by atoms with Crippen molar-refractivity contribution < 1.29 is 0 Å². The second-order valence-electron chi connectivity index (χ2n) is 7.45. The first-order valence-corrected chi connectivity index (χ1v) is 9.01. The molecule has 2 nitrogen and oxygen atoms in total. The Morgan fingerprint density at radius 3 is 2.74 bits per heavy atom. The first-order chi connectivity index (χ1) is 11.4. The van der Waals surface area contributed by atoms with E-state index >= 15 is 0 Å². The van der Waals surface area contributed by atoms with Crippen LogP contribution < -0.4 is 4.90 Å². The predicted molar refractivity (Wildman–Crippen MR) is 94.9 cm³/mol. The summed E-state index contributed by atoms with van der Waals surface area (Å²) in [6.45, 7) is 6.10. The van der Waals surface area contributed by atoms with Gasteiger partial charge in [-0.2, -0.15) is 0 Å². The van der Waals surface area contributed by atoms with E-state index in [-0.39, 0.29) is 0 Å². The fraction of sp³-hybridized carbons (Fsp3) is 0.429. The van der Waals surface area contributed by atoms with Crippen molar-refractivity contribution in [2.24, 2.45) is 5.92 Å². The number of fused-ring (bicyclic) bond motifs is 2. The molecule has 1 saturated heterocycles. The van der Waals surface area contributed by atoms with Gasteiger partial charge < -0.3 is 4.90 Å². The van der Waals surface area contributed by atoms with Crippen LogP contribution in [0.25, 0.3) is 0 Å². The number of benzene rings is 2. The molecule has 0 unspecified atom stereocenters. The van der Waals surface area contributed by atoms with E-state index in [0.29, 0.717) is 0 Å². The third-order valence-corrected chi connectivity index (χ3v) is 5.96. The lowest BCUT2D eigenvalue weighted by molar-refractivity contribution is 0.316. The molecule has 2 aromatic rings. The van der Waals surface area contributed by atoms with Gasteiger partial charge in [0, 0.05) is 44.3 Å². The van der Waals surface area contributed by atoms with Crippen molar-refractivity contribution in [2.45, 2.75) is 25.3 Å². The number of hydrogen-bond acceptors (Lipinski definition) is 2. The molecule has 0 aromatic heterocycles. The number of rotatable bonds is 2. The maximum atomic E-state index is 2.68. The molecule has 0 bridgehead atoms. The number of hydrogen-bond donors (Lipinski definition) is 0. The van der Waals surface area contributed by atoms with Crippen LogP contribution in [-0.2, 0) is 13.0 Å². The van der Waals surface area contributed by atoms with Crippen molar-refractivity contribution in [3.05, 3.63) is 65.2 Å². The van der Waals surface area contributed by atoms with E-state index in [1.165, 1.54) is 44.6 Å². The Morgan fingerprint density at radius 2 is 1.83 bits per heavy atom. The van der Waals surface area contributed by atoms with E-state index in [9.17, 15) is 0 Å². The van der Waals surface area contributed by atoms with Crippen molar-refractivity contribution in [1.29, 1.82) is 0 Å². The Bertz CT molecular complexity index is 709. The maximum absolute atomic E-state index is 2.68. The Labute approximate surface area is 138 Å². The highest BCUT2D eigenvalue weighted by Crippen LogP contribution is 2.46. The number of nitrogens with zero attached hydrogens (tertiary/aromatic N) is 2. The van der Waals surface area contributed by atoms with Crippen LogP contribution in [0.2, 0.25) is 0 Å². The molecule has 3 heterocycles. The first kappa shape index (κ1) is 13.6. The topological polar surface area (TPSA) is 6.48 Å². The molecule has 0 spiro atoms. The third-order valence-electron chi connectivity index (χ3n) is 5.96. The summed E-state index contributed by atoms with van der Waals surface area (Å²) in [5.41, 5.74) is 6.27. The van der Waals surface area contributed by atoms with Gasteiger partial charge in [-0.1, -0.05) is 48.5 Å². The smallest absolute Gasteiger partial charge is 0.0434 e. The van der Waals surface area contributed by atoms with Gasteiger partial charge in [-0.05, 0) is 35.4 Å². The molecule has 0 radical (unpaired) electrons. The van der Waals surface area contributed by atoms with Crippen molar-refractivity contribution in [3.63, 3.8) is 0 Å². The number of likely N-dealkylation sites (tertiary alicyclic amines) is 1. The van der Waals surface area contributed by atoms with Gasteiger partial charge in [-0.15, -0.1) is 0 Å². The molecule has 3 aliphatic rings. The summed E-state index contributed by atoms with van der Waals surface area (Å²) < 4.78 is 0. The minimum atomic E-state index is 0.739. The standard InChI is InChI=1S/C21H24N2/c1-2-6-16(7-3-1)12-22-13-18-14-23-11-5-9-17-8-4-10-19(21(17)23)20(18)15-22/h1-4,6-8,10,18,20H,5,9,11-15H2/t18-,20-/m0/s1. The summed E-state index contributed by atoms with van der Waals surface area (Å²) in [6.07, 6.45) is 2.59. The van der Waals surface area contributed by atoms with Crippen molar-refractivity contribution >= 4 is 5.69 Å². The van der Waals surface area contributed by atoms with E-state index in [2.05, 4.69) is 58.3 Å². The van der Waals surface area contributed by atoms with Gasteiger partial charge >= 0.3 is 0 Å². The van der Waals surface area contributed by atoms with Crippen LogP contribution in [0, 0.1) is 5.92 Å². The highest BCUT2D eigenvalue weighted by Gasteiger charge is 2.41. The SMILES string of the molecule is c1ccc(CN2C[C@H]3CN4CCCc5cccc(c54)[C@H]3C2)cc1. The summed E-state index contributed by atoms with van der Waals surface area (Å²) in [5, 5.41) is 0. The van der Waals surface area contributed by atoms with Crippen LogP contribution in [0.4, 0.5) is 5.69 Å². The largest absolute Gasteiger partial charge is 0.371 e. The number of aryl methyl sites for hydroxylation is 1. The first-order valence-electron chi connectivity index (χ1n) is 9.01. The van der Waals surface area contributed by atoms with Gasteiger partial charge in [0.2, 0.25) is 0 Å². The molecule has 2 aromatic carbocycles. The molecule has 2 atom stereocenters. The lowest BCUT2D eigenvalue weighted by Gasteiger charge is -2.41. The van der Waals surface area contributed by atoms with Gasteiger partial charge in [-0.3, -0.25) is 4.90 Å².